The summed E-state index contributed by atoms with van der Waals surface area (Å²) in [6.45, 7) is 2.89. The average molecular weight is 415 g/mol. The Balaban J connectivity index is 2.00. The molecule has 1 aliphatic rings. The van der Waals surface area contributed by atoms with Gasteiger partial charge in [0, 0.05) is 0 Å². The van der Waals surface area contributed by atoms with Crippen molar-refractivity contribution in [3.8, 4) is 0 Å². The molecule has 0 amide bonds. The Labute approximate surface area is 160 Å². The molecular formula is C17H17ClF2N4O2S. The molecular weight excluding hydrogens is 398 g/mol. The van der Waals surface area contributed by atoms with Gasteiger partial charge in [-0.2, -0.15) is 0 Å². The lowest BCUT2D eigenvalue weighted by atomic mass is 10.1. The molecule has 0 spiro atoms. The molecule has 27 heavy (non-hydrogen) atoms. The van der Waals surface area contributed by atoms with E-state index in [4.69, 9.17) is 17.3 Å². The number of pyridine rings is 1. The van der Waals surface area contributed by atoms with E-state index in [1.54, 1.807) is 6.07 Å². The Morgan fingerprint density at radius 1 is 1.26 bits per heavy atom. The minimum atomic E-state index is -3.67. The Morgan fingerprint density at radius 3 is 2.63 bits per heavy atom. The first-order chi connectivity index (χ1) is 12.5. The zero-order chi connectivity index (χ0) is 20.0. The van der Waals surface area contributed by atoms with E-state index in [1.807, 2.05) is 0 Å². The maximum Gasteiger partial charge on any atom is 0.165 e. The minimum Gasteiger partial charge on any atom is -0.386 e. The highest BCUT2D eigenvalue weighted by atomic mass is 35.5. The van der Waals surface area contributed by atoms with Crippen LogP contribution in [0.3, 0.4) is 0 Å². The molecule has 0 saturated heterocycles. The van der Waals surface area contributed by atoms with Crippen LogP contribution in [0.15, 0.2) is 35.3 Å². The summed E-state index contributed by atoms with van der Waals surface area (Å²) < 4.78 is 52.0. The van der Waals surface area contributed by atoms with E-state index in [0.29, 0.717) is 0 Å². The van der Waals surface area contributed by atoms with Crippen molar-refractivity contribution < 1.29 is 17.2 Å². The van der Waals surface area contributed by atoms with Crippen molar-refractivity contribution in [1.82, 2.24) is 4.98 Å². The quantitative estimate of drug-likeness (QED) is 0.802. The first-order valence-corrected chi connectivity index (χ1v) is 9.99. The molecule has 1 aliphatic heterocycles. The third-order valence-electron chi connectivity index (χ3n) is 4.47. The van der Waals surface area contributed by atoms with Crippen molar-refractivity contribution in [2.45, 2.75) is 24.6 Å². The molecule has 1 aromatic heterocycles. The number of anilines is 2. The average Bonchev–Trinajstić information content (AvgIpc) is 2.58. The number of hydrogen-bond acceptors (Lipinski definition) is 6. The van der Waals surface area contributed by atoms with Crippen LogP contribution in [0, 0.1) is 11.6 Å². The number of aliphatic imine (C=N–C) groups is 1. The van der Waals surface area contributed by atoms with Gasteiger partial charge in [-0.3, -0.25) is 4.99 Å². The van der Waals surface area contributed by atoms with Gasteiger partial charge in [0.1, 0.15) is 34.0 Å². The predicted molar refractivity (Wildman–Crippen MR) is 101 cm³/mol. The summed E-state index contributed by atoms with van der Waals surface area (Å²) in [5.74, 6) is -1.85. The number of benzene rings is 1. The first-order valence-electron chi connectivity index (χ1n) is 7.96. The largest absolute Gasteiger partial charge is 0.386 e. The smallest absolute Gasteiger partial charge is 0.165 e. The van der Waals surface area contributed by atoms with E-state index in [9.17, 15) is 17.2 Å². The normalized spacial score (nSPS) is 20.8. The molecule has 2 heterocycles. The first kappa shape index (κ1) is 19.5. The zero-order valence-corrected chi connectivity index (χ0v) is 16.1. The van der Waals surface area contributed by atoms with Crippen LogP contribution in [0.5, 0.6) is 0 Å². The lowest BCUT2D eigenvalue weighted by Crippen LogP contribution is -2.50. The fourth-order valence-electron chi connectivity index (χ4n) is 2.58. The summed E-state index contributed by atoms with van der Waals surface area (Å²) in [5, 5.41) is 2.62. The SMILES string of the molecule is CC1(C)C(N)=NC(c2nc(Nc3cccc(Cl)c3F)ccc2F)CS1(=O)=O. The van der Waals surface area contributed by atoms with E-state index < -0.39 is 38.0 Å². The van der Waals surface area contributed by atoms with Crippen LogP contribution in [0.2, 0.25) is 5.02 Å². The van der Waals surface area contributed by atoms with E-state index >= 15 is 0 Å². The number of sulfone groups is 1. The highest BCUT2D eigenvalue weighted by Crippen LogP contribution is 2.33. The molecule has 0 aliphatic carbocycles. The second-order valence-electron chi connectivity index (χ2n) is 6.61. The Bertz CT molecular complexity index is 1040. The second-order valence-corrected chi connectivity index (χ2v) is 9.60. The monoisotopic (exact) mass is 414 g/mol. The molecule has 6 nitrogen and oxygen atoms in total. The topological polar surface area (TPSA) is 97.4 Å². The molecule has 0 fully saturated rings. The number of aromatic nitrogens is 1. The maximum absolute atomic E-state index is 14.3. The minimum absolute atomic E-state index is 0.0490. The van der Waals surface area contributed by atoms with E-state index in [2.05, 4.69) is 15.3 Å². The van der Waals surface area contributed by atoms with Crippen LogP contribution in [-0.4, -0.2) is 29.7 Å². The number of nitrogens with two attached hydrogens (primary N) is 1. The van der Waals surface area contributed by atoms with Gasteiger partial charge in [-0.15, -0.1) is 0 Å². The lowest BCUT2D eigenvalue weighted by Gasteiger charge is -2.31. The van der Waals surface area contributed by atoms with Gasteiger partial charge in [-0.25, -0.2) is 22.2 Å². The number of halogens is 3. The van der Waals surface area contributed by atoms with Crippen LogP contribution in [0.1, 0.15) is 25.6 Å². The van der Waals surface area contributed by atoms with E-state index in [-0.39, 0.29) is 28.1 Å². The molecule has 1 unspecified atom stereocenters. The number of nitrogens with one attached hydrogen (secondary N) is 1. The van der Waals surface area contributed by atoms with E-state index in [1.165, 1.54) is 32.0 Å². The molecule has 10 heteroatoms. The molecule has 3 N–H and O–H groups in total. The summed E-state index contributed by atoms with van der Waals surface area (Å²) in [7, 11) is -3.67. The predicted octanol–water partition coefficient (Wildman–Crippen LogP) is 3.36. The Kier molecular flexibility index (Phi) is 4.85. The fourth-order valence-corrected chi connectivity index (χ4v) is 4.19. The van der Waals surface area contributed by atoms with Crippen molar-refractivity contribution in [3.63, 3.8) is 0 Å². The van der Waals surface area contributed by atoms with Gasteiger partial charge < -0.3 is 11.1 Å². The zero-order valence-electron chi connectivity index (χ0n) is 14.5. The van der Waals surface area contributed by atoms with Crippen LogP contribution in [-0.2, 0) is 9.84 Å². The van der Waals surface area contributed by atoms with Crippen molar-refractivity contribution in [3.05, 3.63) is 52.7 Å². The summed E-state index contributed by atoms with van der Waals surface area (Å²) in [4.78, 5) is 8.22. The third-order valence-corrected chi connectivity index (χ3v) is 7.28. The summed E-state index contributed by atoms with van der Waals surface area (Å²) >= 11 is 5.74. The summed E-state index contributed by atoms with van der Waals surface area (Å²) in [6.07, 6.45) is 0. The van der Waals surface area contributed by atoms with Gasteiger partial charge in [-0.1, -0.05) is 17.7 Å². The van der Waals surface area contributed by atoms with Crippen molar-refractivity contribution in [2.24, 2.45) is 10.7 Å². The second kappa shape index (κ2) is 6.72. The number of nitrogens with zero attached hydrogens (tertiary/aromatic N) is 2. The molecule has 1 atom stereocenters. The van der Waals surface area contributed by atoms with Gasteiger partial charge in [0.15, 0.2) is 15.7 Å². The highest BCUT2D eigenvalue weighted by Gasteiger charge is 2.44. The van der Waals surface area contributed by atoms with Gasteiger partial charge in [-0.05, 0) is 38.1 Å². The van der Waals surface area contributed by atoms with Crippen molar-refractivity contribution >= 4 is 38.8 Å². The summed E-state index contributed by atoms with van der Waals surface area (Å²) in [6, 6.07) is 5.68. The number of amidine groups is 1. The fraction of sp³-hybridized carbons (Fsp3) is 0.294. The van der Waals surface area contributed by atoms with Gasteiger partial charge in [0.25, 0.3) is 0 Å². The number of hydrogen-bond donors (Lipinski definition) is 2. The molecule has 3 rings (SSSR count). The van der Waals surface area contributed by atoms with Crippen LogP contribution in [0.25, 0.3) is 0 Å². The molecule has 0 saturated carbocycles. The summed E-state index contributed by atoms with van der Waals surface area (Å²) in [5.41, 5.74) is 5.66. The van der Waals surface area contributed by atoms with Gasteiger partial charge >= 0.3 is 0 Å². The molecule has 0 bridgehead atoms. The Hall–Kier alpha value is -2.26. The number of rotatable bonds is 3. The van der Waals surface area contributed by atoms with Gasteiger partial charge in [0.2, 0.25) is 0 Å². The van der Waals surface area contributed by atoms with E-state index in [0.717, 1.165) is 6.07 Å². The van der Waals surface area contributed by atoms with Crippen molar-refractivity contribution in [1.29, 1.82) is 0 Å². The molecule has 2 aromatic rings. The highest BCUT2D eigenvalue weighted by molar-refractivity contribution is 7.93. The molecule has 1 aromatic carbocycles. The van der Waals surface area contributed by atoms with Crippen molar-refractivity contribution in [2.75, 3.05) is 11.1 Å². The van der Waals surface area contributed by atoms with Crippen LogP contribution < -0.4 is 11.1 Å². The standard InChI is InChI=1S/C17H17ClF2N4O2S/c1-17(2)16(21)23-12(8-27(17,25)26)15-10(19)6-7-13(24-15)22-11-5-3-4-9(18)14(11)20/h3-7,12H,8H2,1-2H3,(H2,21,23)(H,22,24). The third kappa shape index (κ3) is 3.49. The Morgan fingerprint density at radius 2 is 1.96 bits per heavy atom. The lowest BCUT2D eigenvalue weighted by molar-refractivity contribution is 0.545. The van der Waals surface area contributed by atoms with Crippen LogP contribution >= 0.6 is 11.6 Å². The van der Waals surface area contributed by atoms with Gasteiger partial charge in [0.05, 0.1) is 16.5 Å². The van der Waals surface area contributed by atoms with Crippen LogP contribution in [0.4, 0.5) is 20.3 Å². The molecule has 144 valence electrons. The maximum atomic E-state index is 14.3. The molecule has 0 radical (unpaired) electrons.